The van der Waals surface area contributed by atoms with Crippen LogP contribution in [0.25, 0.3) is 0 Å². The summed E-state index contributed by atoms with van der Waals surface area (Å²) in [5.41, 5.74) is 1.28. The number of nitrogens with zero attached hydrogens (tertiary/aromatic N) is 1. The second-order valence-electron chi connectivity index (χ2n) is 3.65. The fraction of sp³-hybridized carbons (Fsp3) is 0.300. The minimum Gasteiger partial charge on any atom is -0.487 e. The van der Waals surface area contributed by atoms with Crippen molar-refractivity contribution in [2.45, 2.75) is 6.04 Å². The molecule has 0 spiro atoms. The number of para-hydroxylation sites is 1. The fourth-order valence-electron chi connectivity index (χ4n) is 1.73. The fourth-order valence-corrected chi connectivity index (χ4v) is 2.36. The molecule has 1 aliphatic heterocycles. The molecular weight excluding hydrogens is 260 g/mol. The van der Waals surface area contributed by atoms with Crippen LogP contribution in [-0.4, -0.2) is 33.5 Å². The van der Waals surface area contributed by atoms with Gasteiger partial charge in [-0.05, 0) is 12.1 Å². The molecule has 1 N–H and O–H groups in total. The van der Waals surface area contributed by atoms with E-state index in [0.717, 1.165) is 5.69 Å². The van der Waals surface area contributed by atoms with Crippen LogP contribution in [0.1, 0.15) is 0 Å². The molecule has 0 fully saturated rings. The molecule has 0 radical (unpaired) electrons. The van der Waals surface area contributed by atoms with Crippen LogP contribution in [0.2, 0.25) is 0 Å². The van der Waals surface area contributed by atoms with Crippen LogP contribution in [0.15, 0.2) is 18.2 Å². The lowest BCUT2D eigenvalue weighted by molar-refractivity contribution is 0.297. The van der Waals surface area contributed by atoms with Gasteiger partial charge in [0, 0.05) is 12.4 Å². The van der Waals surface area contributed by atoms with Gasteiger partial charge in [-0.15, -0.1) is 0 Å². The second-order valence-corrected chi connectivity index (χ2v) is 4.66. The van der Waals surface area contributed by atoms with Gasteiger partial charge in [0.2, 0.25) is 10.9 Å². The van der Waals surface area contributed by atoms with Crippen molar-refractivity contribution < 1.29 is 13.2 Å². The summed E-state index contributed by atoms with van der Waals surface area (Å²) in [6.07, 6.45) is 0. The maximum atomic E-state index is 10.7. The zero-order chi connectivity index (χ0) is 12.4. The van der Waals surface area contributed by atoms with Gasteiger partial charge < -0.3 is 9.64 Å². The van der Waals surface area contributed by atoms with E-state index < -0.39 is 10.9 Å². The van der Waals surface area contributed by atoms with E-state index in [1.165, 1.54) is 0 Å². The van der Waals surface area contributed by atoms with E-state index in [9.17, 15) is 8.42 Å². The van der Waals surface area contributed by atoms with Crippen molar-refractivity contribution in [2.24, 2.45) is 0 Å². The van der Waals surface area contributed by atoms with Gasteiger partial charge >= 0.3 is 0 Å². The number of hydrogen-bond acceptors (Lipinski definition) is 5. The molecule has 1 unspecified atom stereocenters. The number of hydrogen-bond donors (Lipinski definition) is 2. The highest BCUT2D eigenvalue weighted by Gasteiger charge is 2.24. The van der Waals surface area contributed by atoms with E-state index in [4.69, 9.17) is 17.0 Å². The number of ether oxygens (including phenoxy) is 1. The van der Waals surface area contributed by atoms with E-state index in [1.807, 2.05) is 18.0 Å². The standard InChI is InChI=1S/C10H12N2O3S2/c1-12-7(6-16)5-15-10-8(11-17(13)14)3-2-4-9(10)12/h2-4,6-7,17H,5H2,1H3,(H,11,13,14). The lowest BCUT2D eigenvalue weighted by Gasteiger charge is -2.34. The predicted molar refractivity (Wildman–Crippen MR) is 71.7 cm³/mol. The summed E-state index contributed by atoms with van der Waals surface area (Å²) in [6, 6.07) is 5.32. The molecule has 2 rings (SSSR count). The third-order valence-corrected chi connectivity index (χ3v) is 3.38. The number of rotatable bonds is 3. The van der Waals surface area contributed by atoms with E-state index in [-0.39, 0.29) is 6.04 Å². The highest BCUT2D eigenvalue weighted by atomic mass is 32.2. The Kier molecular flexibility index (Phi) is 3.49. The van der Waals surface area contributed by atoms with Gasteiger partial charge in [-0.1, -0.05) is 18.3 Å². The first-order valence-corrected chi connectivity index (χ1v) is 6.63. The van der Waals surface area contributed by atoms with Crippen molar-refractivity contribution in [1.29, 1.82) is 0 Å². The molecule has 1 heterocycles. The smallest absolute Gasteiger partial charge is 0.222 e. The van der Waals surface area contributed by atoms with Crippen LogP contribution in [0, 0.1) is 0 Å². The van der Waals surface area contributed by atoms with E-state index in [1.54, 1.807) is 17.5 Å². The lowest BCUT2D eigenvalue weighted by Crippen LogP contribution is -2.41. The normalized spacial score (nSPS) is 18.5. The summed E-state index contributed by atoms with van der Waals surface area (Å²) in [5, 5.41) is 1.64. The SMILES string of the molecule is CN1c2cccc(N[SH](=O)=O)c2OCC1C=S. The van der Waals surface area contributed by atoms with Crippen molar-refractivity contribution in [2.75, 3.05) is 23.3 Å². The second kappa shape index (κ2) is 4.89. The minimum atomic E-state index is -2.70. The van der Waals surface area contributed by atoms with Crippen molar-refractivity contribution in [1.82, 2.24) is 0 Å². The Bertz CT molecular complexity index is 508. The molecular formula is C10H12N2O3S2. The van der Waals surface area contributed by atoms with Crippen LogP contribution < -0.4 is 14.4 Å². The number of thiocarbonyl (C=S) groups is 1. The molecule has 0 saturated carbocycles. The van der Waals surface area contributed by atoms with Crippen LogP contribution in [0.4, 0.5) is 11.4 Å². The maximum Gasteiger partial charge on any atom is 0.222 e. The van der Waals surface area contributed by atoms with Crippen molar-refractivity contribution in [3.05, 3.63) is 18.2 Å². The van der Waals surface area contributed by atoms with Gasteiger partial charge in [0.25, 0.3) is 0 Å². The third-order valence-electron chi connectivity index (χ3n) is 2.64. The predicted octanol–water partition coefficient (Wildman–Crippen LogP) is 0.822. The first-order chi connectivity index (χ1) is 8.13. The number of benzene rings is 1. The van der Waals surface area contributed by atoms with Gasteiger partial charge in [0.1, 0.15) is 6.61 Å². The summed E-state index contributed by atoms with van der Waals surface area (Å²) in [5.74, 6) is 0.544. The highest BCUT2D eigenvalue weighted by molar-refractivity contribution is 7.79. The molecule has 1 aromatic carbocycles. The van der Waals surface area contributed by atoms with Crippen LogP contribution in [0.3, 0.4) is 0 Å². The van der Waals surface area contributed by atoms with Crippen LogP contribution in [0.5, 0.6) is 5.75 Å². The Balaban J connectivity index is 2.43. The van der Waals surface area contributed by atoms with Gasteiger partial charge in [0.15, 0.2) is 5.75 Å². The number of anilines is 2. The molecule has 17 heavy (non-hydrogen) atoms. The third kappa shape index (κ3) is 2.34. The van der Waals surface area contributed by atoms with Crippen molar-refractivity contribution >= 4 is 39.9 Å². The summed E-state index contributed by atoms with van der Waals surface area (Å²) in [4.78, 5) is 1.97. The number of likely N-dealkylation sites (N-methyl/N-ethyl adjacent to an activating group) is 1. The Labute approximate surface area is 106 Å². The van der Waals surface area contributed by atoms with E-state index in [2.05, 4.69) is 4.72 Å². The van der Waals surface area contributed by atoms with Gasteiger partial charge in [-0.2, -0.15) is 0 Å². The summed E-state index contributed by atoms with van der Waals surface area (Å²) >= 11 is 4.92. The molecule has 1 atom stereocenters. The summed E-state index contributed by atoms with van der Waals surface area (Å²) in [6.45, 7) is 0.418. The average Bonchev–Trinajstić information content (AvgIpc) is 2.30. The Morgan fingerprint density at radius 1 is 1.59 bits per heavy atom. The molecule has 0 amide bonds. The molecule has 92 valence electrons. The first-order valence-electron chi connectivity index (χ1n) is 4.98. The van der Waals surface area contributed by atoms with Crippen molar-refractivity contribution in [3.8, 4) is 5.75 Å². The van der Waals surface area contributed by atoms with Gasteiger partial charge in [-0.3, -0.25) is 4.72 Å². The summed E-state index contributed by atoms with van der Waals surface area (Å²) < 4.78 is 29.3. The Hall–Kier alpha value is -1.34. The molecule has 0 aliphatic carbocycles. The highest BCUT2D eigenvalue weighted by Crippen LogP contribution is 2.38. The lowest BCUT2D eigenvalue weighted by atomic mass is 10.1. The largest absolute Gasteiger partial charge is 0.487 e. The zero-order valence-electron chi connectivity index (χ0n) is 9.12. The maximum absolute atomic E-state index is 10.7. The molecule has 1 aromatic rings. The van der Waals surface area contributed by atoms with E-state index in [0.29, 0.717) is 18.0 Å². The van der Waals surface area contributed by atoms with E-state index >= 15 is 0 Å². The number of nitrogens with one attached hydrogen (secondary N) is 1. The van der Waals surface area contributed by atoms with Crippen molar-refractivity contribution in [3.63, 3.8) is 0 Å². The first kappa shape index (κ1) is 12.1. The van der Waals surface area contributed by atoms with Gasteiger partial charge in [-0.25, -0.2) is 8.42 Å². The number of thiol groups is 1. The zero-order valence-corrected chi connectivity index (χ0v) is 10.8. The molecule has 0 bridgehead atoms. The average molecular weight is 272 g/mol. The summed E-state index contributed by atoms with van der Waals surface area (Å²) in [7, 11) is -0.799. The topological polar surface area (TPSA) is 58.6 Å². The molecule has 0 saturated heterocycles. The molecule has 1 aliphatic rings. The monoisotopic (exact) mass is 272 g/mol. The molecule has 0 aromatic heterocycles. The Morgan fingerprint density at radius 2 is 2.35 bits per heavy atom. The van der Waals surface area contributed by atoms with Gasteiger partial charge in [0.05, 0.1) is 17.4 Å². The quantitative estimate of drug-likeness (QED) is 0.630. The van der Waals surface area contributed by atoms with Crippen LogP contribution >= 0.6 is 12.2 Å². The Morgan fingerprint density at radius 3 is 3.00 bits per heavy atom. The minimum absolute atomic E-state index is 0.0220. The molecule has 5 nitrogen and oxygen atoms in total. The number of fused-ring (bicyclic) bond motifs is 1. The van der Waals surface area contributed by atoms with Crippen LogP contribution in [-0.2, 0) is 10.9 Å². The molecule has 7 heteroatoms.